The second-order valence-electron chi connectivity index (χ2n) is 8.48. The summed E-state index contributed by atoms with van der Waals surface area (Å²) in [6.07, 6.45) is -12.8. The Bertz CT molecular complexity index is 1610. The van der Waals surface area contributed by atoms with E-state index in [9.17, 15) is 45.4 Å². The molecule has 2 aromatic carbocycles. The van der Waals surface area contributed by atoms with E-state index >= 15 is 0 Å². The predicted molar refractivity (Wildman–Crippen MR) is 128 cm³/mol. The fraction of sp³-hybridized carbons (Fsp3) is 0.261. The predicted octanol–water partition coefficient (Wildman–Crippen LogP) is 3.35. The Morgan fingerprint density at radius 2 is 1.73 bits per heavy atom. The second-order valence-corrected chi connectivity index (χ2v) is 8.92. The molecule has 0 saturated carbocycles. The molecule has 0 unspecified atom stereocenters. The number of carbonyl (C=O) groups is 1. The maximum Gasteiger partial charge on any atom is 0.416 e. The summed E-state index contributed by atoms with van der Waals surface area (Å²) < 4.78 is 93.0. The number of alkyl halides is 6. The summed E-state index contributed by atoms with van der Waals surface area (Å²) in [6.45, 7) is -3.61. The zero-order valence-electron chi connectivity index (χ0n) is 20.3. The zero-order chi connectivity index (χ0) is 30.1. The van der Waals surface area contributed by atoms with Crippen LogP contribution in [0.1, 0.15) is 16.4 Å². The summed E-state index contributed by atoms with van der Waals surface area (Å²) in [5.74, 6) is -3.47. The minimum Gasteiger partial charge on any atom is -0.382 e. The second kappa shape index (κ2) is 11.3. The highest BCUT2D eigenvalue weighted by atomic mass is 35.5. The lowest BCUT2D eigenvalue weighted by Gasteiger charge is -2.15. The molecular formula is C23H17ClF7N7O3. The van der Waals surface area contributed by atoms with E-state index in [2.05, 4.69) is 15.2 Å². The van der Waals surface area contributed by atoms with E-state index in [1.54, 1.807) is 5.32 Å². The van der Waals surface area contributed by atoms with Crippen LogP contribution in [0.3, 0.4) is 0 Å². The first-order chi connectivity index (χ1) is 19.1. The fourth-order valence-corrected chi connectivity index (χ4v) is 3.67. The van der Waals surface area contributed by atoms with Crippen LogP contribution in [-0.4, -0.2) is 65.1 Å². The number of hydrogen-bond donors (Lipinski definition) is 2. The molecule has 0 saturated heterocycles. The molecule has 2 N–H and O–H groups in total. The van der Waals surface area contributed by atoms with Gasteiger partial charge in [0, 0.05) is 10.6 Å². The number of nitrogens with zero attached hydrogens (tertiary/aromatic N) is 6. The molecule has 41 heavy (non-hydrogen) atoms. The minimum atomic E-state index is -5.07. The van der Waals surface area contributed by atoms with E-state index in [1.807, 2.05) is 0 Å². The van der Waals surface area contributed by atoms with Gasteiger partial charge < -0.3 is 10.4 Å². The first-order valence-electron chi connectivity index (χ1n) is 11.4. The van der Waals surface area contributed by atoms with Crippen LogP contribution in [-0.2, 0) is 13.1 Å². The molecule has 0 bridgehead atoms. The normalized spacial score (nSPS) is 12.9. The molecule has 2 aromatic heterocycles. The third-order valence-corrected chi connectivity index (χ3v) is 5.66. The van der Waals surface area contributed by atoms with Gasteiger partial charge in [0.25, 0.3) is 5.91 Å². The van der Waals surface area contributed by atoms with E-state index < -0.39 is 61.3 Å². The number of aliphatic hydroxyl groups excluding tert-OH is 1. The minimum absolute atomic E-state index is 0.103. The molecule has 2 heterocycles. The third-order valence-electron chi connectivity index (χ3n) is 5.41. The number of aromatic nitrogens is 6. The summed E-state index contributed by atoms with van der Waals surface area (Å²) in [5, 5.41) is 19.5. The van der Waals surface area contributed by atoms with Crippen molar-refractivity contribution in [2.75, 3.05) is 6.54 Å². The van der Waals surface area contributed by atoms with Gasteiger partial charge in [0.05, 0.1) is 12.2 Å². The Morgan fingerprint density at radius 3 is 2.34 bits per heavy atom. The SMILES string of the molecule is O=C(NCC(F)(F)F)c1nc(Cn2nc(-c3ccc(Cl)cc3)n(C[C@H](O)C(F)(F)F)c2=O)nn1-c1cccc(F)c1. The molecule has 0 aliphatic heterocycles. The van der Waals surface area contributed by atoms with Gasteiger partial charge in [-0.15, -0.1) is 10.2 Å². The van der Waals surface area contributed by atoms with Gasteiger partial charge >= 0.3 is 18.0 Å². The van der Waals surface area contributed by atoms with Crippen LogP contribution in [0.25, 0.3) is 17.1 Å². The van der Waals surface area contributed by atoms with Crippen molar-refractivity contribution in [1.29, 1.82) is 0 Å². The molecular weight excluding hydrogens is 591 g/mol. The van der Waals surface area contributed by atoms with Crippen LogP contribution in [0, 0.1) is 5.82 Å². The average molecular weight is 608 g/mol. The number of nitrogens with one attached hydrogen (secondary N) is 1. The summed E-state index contributed by atoms with van der Waals surface area (Å²) in [5.41, 5.74) is -1.08. The highest BCUT2D eigenvalue weighted by Crippen LogP contribution is 2.24. The quantitative estimate of drug-likeness (QED) is 0.297. The Labute approximate surface area is 229 Å². The lowest BCUT2D eigenvalue weighted by atomic mass is 10.2. The molecule has 0 aliphatic rings. The lowest BCUT2D eigenvalue weighted by molar-refractivity contribution is -0.207. The summed E-state index contributed by atoms with van der Waals surface area (Å²) in [4.78, 5) is 29.5. The maximum absolute atomic E-state index is 13.8. The molecule has 4 rings (SSSR count). The Balaban J connectivity index is 1.76. The Morgan fingerprint density at radius 1 is 1.05 bits per heavy atom. The van der Waals surface area contributed by atoms with Crippen molar-refractivity contribution >= 4 is 17.5 Å². The fourth-order valence-electron chi connectivity index (χ4n) is 3.55. The molecule has 0 fully saturated rings. The molecule has 0 radical (unpaired) electrons. The molecule has 1 atom stereocenters. The summed E-state index contributed by atoms with van der Waals surface area (Å²) >= 11 is 5.86. The molecule has 218 valence electrons. The first-order valence-corrected chi connectivity index (χ1v) is 11.8. The van der Waals surface area contributed by atoms with Crippen LogP contribution >= 0.6 is 11.6 Å². The Kier molecular flexibility index (Phi) is 8.21. The van der Waals surface area contributed by atoms with Crippen molar-refractivity contribution in [2.45, 2.75) is 31.5 Å². The summed E-state index contributed by atoms with van der Waals surface area (Å²) in [7, 11) is 0. The van der Waals surface area contributed by atoms with Crippen LogP contribution in [0.2, 0.25) is 5.02 Å². The van der Waals surface area contributed by atoms with Crippen LogP contribution in [0.15, 0.2) is 53.3 Å². The monoisotopic (exact) mass is 607 g/mol. The van der Waals surface area contributed by atoms with Crippen molar-refractivity contribution in [2.24, 2.45) is 0 Å². The van der Waals surface area contributed by atoms with Gasteiger partial charge in [-0.2, -0.15) is 26.3 Å². The van der Waals surface area contributed by atoms with Gasteiger partial charge in [-0.1, -0.05) is 17.7 Å². The number of carbonyl (C=O) groups excluding carboxylic acids is 1. The van der Waals surface area contributed by atoms with Crippen molar-refractivity contribution < 1.29 is 40.6 Å². The van der Waals surface area contributed by atoms with Gasteiger partial charge in [0.1, 0.15) is 18.9 Å². The van der Waals surface area contributed by atoms with Crippen molar-refractivity contribution in [3.63, 3.8) is 0 Å². The highest BCUT2D eigenvalue weighted by Gasteiger charge is 2.39. The van der Waals surface area contributed by atoms with Gasteiger partial charge in [-0.3, -0.25) is 9.36 Å². The van der Waals surface area contributed by atoms with Crippen LogP contribution in [0.5, 0.6) is 0 Å². The number of amides is 1. The number of rotatable bonds is 8. The van der Waals surface area contributed by atoms with E-state index in [-0.39, 0.29) is 27.9 Å². The van der Waals surface area contributed by atoms with Crippen LogP contribution < -0.4 is 11.0 Å². The third kappa shape index (κ3) is 7.10. The Hall–Kier alpha value is -4.25. The molecule has 1 amide bonds. The standard InChI is InChI=1S/C23H17ClF7N7O3/c24-13-6-4-12(5-7-13)18-35-37(21(41)36(18)9-16(39)23(29,30)31)10-17-33-19(20(40)32-11-22(26,27)28)38(34-17)15-3-1-2-14(25)8-15/h1-8,16,39H,9-11H2,(H,32,40)/t16-/m0/s1. The number of aliphatic hydroxyl groups is 1. The van der Waals surface area contributed by atoms with Crippen molar-refractivity contribution in [1.82, 2.24) is 34.4 Å². The number of hydrogen-bond acceptors (Lipinski definition) is 6. The molecule has 18 heteroatoms. The van der Waals surface area contributed by atoms with Gasteiger partial charge in [-0.25, -0.2) is 23.5 Å². The maximum atomic E-state index is 13.8. The van der Waals surface area contributed by atoms with Crippen molar-refractivity contribution in [3.8, 4) is 17.1 Å². The van der Waals surface area contributed by atoms with Crippen molar-refractivity contribution in [3.05, 3.63) is 81.5 Å². The molecule has 0 spiro atoms. The van der Waals surface area contributed by atoms with E-state index in [0.29, 0.717) is 9.25 Å². The van der Waals surface area contributed by atoms with Gasteiger partial charge in [-0.05, 0) is 42.5 Å². The topological polar surface area (TPSA) is 120 Å². The van der Waals surface area contributed by atoms with Gasteiger partial charge in [0.15, 0.2) is 17.8 Å². The van der Waals surface area contributed by atoms with Gasteiger partial charge in [0.2, 0.25) is 5.82 Å². The van der Waals surface area contributed by atoms with E-state index in [0.717, 1.165) is 16.8 Å². The lowest BCUT2D eigenvalue weighted by Crippen LogP contribution is -2.37. The smallest absolute Gasteiger partial charge is 0.382 e. The molecule has 0 aliphatic carbocycles. The summed E-state index contributed by atoms with van der Waals surface area (Å²) in [6, 6.07) is 10.00. The molecule has 4 aromatic rings. The van der Waals surface area contributed by atoms with E-state index in [4.69, 9.17) is 11.6 Å². The highest BCUT2D eigenvalue weighted by molar-refractivity contribution is 6.30. The van der Waals surface area contributed by atoms with Crippen LogP contribution in [0.4, 0.5) is 30.7 Å². The molecule has 10 nitrogen and oxygen atoms in total. The van der Waals surface area contributed by atoms with E-state index in [1.165, 1.54) is 36.4 Å². The largest absolute Gasteiger partial charge is 0.416 e. The number of halogens is 8. The zero-order valence-corrected chi connectivity index (χ0v) is 21.0. The number of benzene rings is 2. The first kappa shape index (κ1) is 29.7. The average Bonchev–Trinajstić information content (AvgIpc) is 3.44.